The standard InChI is InChI=1S/C16H27N3O/c1-16(2,3)17-10-13-8-9-19(11-13)12-15(20)18-14-6-4-5-7-14/h8-9,11,14,17H,4-7,10,12H2,1-3H3,(H,18,20). The lowest BCUT2D eigenvalue weighted by molar-refractivity contribution is -0.122. The van der Waals surface area contributed by atoms with E-state index in [9.17, 15) is 4.79 Å². The van der Waals surface area contributed by atoms with Gasteiger partial charge in [-0.25, -0.2) is 0 Å². The maximum Gasteiger partial charge on any atom is 0.240 e. The summed E-state index contributed by atoms with van der Waals surface area (Å²) in [5.41, 5.74) is 1.33. The summed E-state index contributed by atoms with van der Waals surface area (Å²) >= 11 is 0. The molecule has 0 atom stereocenters. The Morgan fingerprint density at radius 3 is 2.70 bits per heavy atom. The lowest BCUT2D eigenvalue weighted by atomic mass is 10.1. The van der Waals surface area contributed by atoms with Gasteiger partial charge in [-0.3, -0.25) is 4.79 Å². The van der Waals surface area contributed by atoms with E-state index in [0.29, 0.717) is 12.6 Å². The molecule has 0 saturated heterocycles. The van der Waals surface area contributed by atoms with Crippen LogP contribution in [-0.2, 0) is 17.9 Å². The smallest absolute Gasteiger partial charge is 0.240 e. The van der Waals surface area contributed by atoms with Crippen LogP contribution in [0.5, 0.6) is 0 Å². The van der Waals surface area contributed by atoms with Crippen molar-refractivity contribution in [3.05, 3.63) is 24.0 Å². The zero-order valence-electron chi connectivity index (χ0n) is 12.9. The highest BCUT2D eigenvalue weighted by Gasteiger charge is 2.17. The fraction of sp³-hybridized carbons (Fsp3) is 0.688. The molecule has 0 spiro atoms. The van der Waals surface area contributed by atoms with Crippen molar-refractivity contribution < 1.29 is 4.79 Å². The molecule has 4 heteroatoms. The second-order valence-electron chi connectivity index (χ2n) is 6.84. The molecule has 1 aliphatic rings. The van der Waals surface area contributed by atoms with Crippen LogP contribution in [0.1, 0.15) is 52.0 Å². The number of hydrogen-bond acceptors (Lipinski definition) is 2. The number of hydrogen-bond donors (Lipinski definition) is 2. The molecule has 0 aromatic carbocycles. The van der Waals surface area contributed by atoms with Crippen molar-refractivity contribution in [2.24, 2.45) is 0 Å². The van der Waals surface area contributed by atoms with Crippen molar-refractivity contribution in [1.82, 2.24) is 15.2 Å². The normalized spacial score (nSPS) is 16.6. The van der Waals surface area contributed by atoms with Gasteiger partial charge in [-0.15, -0.1) is 0 Å². The van der Waals surface area contributed by atoms with E-state index in [0.717, 1.165) is 19.4 Å². The van der Waals surface area contributed by atoms with Crippen LogP contribution in [0.3, 0.4) is 0 Å². The van der Waals surface area contributed by atoms with Crippen LogP contribution < -0.4 is 10.6 Å². The molecular formula is C16H27N3O. The molecule has 0 bridgehead atoms. The lowest BCUT2D eigenvalue weighted by Crippen LogP contribution is -2.35. The minimum absolute atomic E-state index is 0.113. The lowest BCUT2D eigenvalue weighted by Gasteiger charge is -2.19. The molecule has 1 saturated carbocycles. The number of carbonyl (C=O) groups is 1. The summed E-state index contributed by atoms with van der Waals surface area (Å²) < 4.78 is 1.96. The maximum atomic E-state index is 11.9. The van der Waals surface area contributed by atoms with Crippen molar-refractivity contribution in [2.75, 3.05) is 0 Å². The van der Waals surface area contributed by atoms with Crippen molar-refractivity contribution in [1.29, 1.82) is 0 Å². The predicted octanol–water partition coefficient (Wildman–Crippen LogP) is 2.43. The van der Waals surface area contributed by atoms with Crippen molar-refractivity contribution in [3.8, 4) is 0 Å². The number of amides is 1. The molecule has 1 aliphatic carbocycles. The quantitative estimate of drug-likeness (QED) is 0.868. The van der Waals surface area contributed by atoms with Crippen LogP contribution in [0, 0.1) is 0 Å². The molecule has 20 heavy (non-hydrogen) atoms. The molecule has 1 aromatic rings. The van der Waals surface area contributed by atoms with E-state index in [1.165, 1.54) is 18.4 Å². The van der Waals surface area contributed by atoms with Crippen LogP contribution in [0.15, 0.2) is 18.5 Å². The molecule has 2 rings (SSSR count). The summed E-state index contributed by atoms with van der Waals surface area (Å²) in [6.07, 6.45) is 8.80. The summed E-state index contributed by atoms with van der Waals surface area (Å²) in [7, 11) is 0. The first kappa shape index (κ1) is 15.1. The van der Waals surface area contributed by atoms with Gasteiger partial charge in [-0.2, -0.15) is 0 Å². The Labute approximate surface area is 121 Å². The Bertz CT molecular complexity index is 439. The van der Waals surface area contributed by atoms with Crippen LogP contribution >= 0.6 is 0 Å². The Kier molecular flexibility index (Phi) is 4.86. The number of nitrogens with one attached hydrogen (secondary N) is 2. The molecule has 1 heterocycles. The van der Waals surface area contributed by atoms with Crippen molar-refractivity contribution in [2.45, 2.75) is 71.1 Å². The fourth-order valence-electron chi connectivity index (χ4n) is 2.57. The minimum atomic E-state index is 0.113. The predicted molar refractivity (Wildman–Crippen MR) is 81.4 cm³/mol. The van der Waals surface area contributed by atoms with E-state index in [2.05, 4.69) is 37.5 Å². The van der Waals surface area contributed by atoms with Gasteiger partial charge in [-0.05, 0) is 45.2 Å². The number of carbonyl (C=O) groups excluding carboxylic acids is 1. The summed E-state index contributed by atoms with van der Waals surface area (Å²) in [4.78, 5) is 11.9. The average Bonchev–Trinajstić information content (AvgIpc) is 2.97. The molecule has 0 aliphatic heterocycles. The largest absolute Gasteiger partial charge is 0.352 e. The SMILES string of the molecule is CC(C)(C)NCc1ccn(CC(=O)NC2CCCC2)c1. The van der Waals surface area contributed by atoms with Gasteiger partial charge in [0.2, 0.25) is 5.91 Å². The van der Waals surface area contributed by atoms with Crippen LogP contribution in [0.2, 0.25) is 0 Å². The third-order valence-corrected chi connectivity index (χ3v) is 3.68. The van der Waals surface area contributed by atoms with Gasteiger partial charge < -0.3 is 15.2 Å². The second-order valence-corrected chi connectivity index (χ2v) is 6.84. The Hall–Kier alpha value is -1.29. The molecule has 112 valence electrons. The van der Waals surface area contributed by atoms with E-state index >= 15 is 0 Å². The second kappa shape index (κ2) is 6.44. The first-order valence-corrected chi connectivity index (χ1v) is 7.61. The van der Waals surface area contributed by atoms with Gasteiger partial charge >= 0.3 is 0 Å². The molecule has 1 aromatic heterocycles. The molecule has 4 nitrogen and oxygen atoms in total. The van der Waals surface area contributed by atoms with Gasteiger partial charge in [0, 0.05) is 30.5 Å². The Morgan fingerprint density at radius 1 is 1.35 bits per heavy atom. The van der Waals surface area contributed by atoms with E-state index in [4.69, 9.17) is 0 Å². The third-order valence-electron chi connectivity index (χ3n) is 3.68. The van der Waals surface area contributed by atoms with E-state index in [1.54, 1.807) is 0 Å². The zero-order valence-corrected chi connectivity index (χ0v) is 12.9. The summed E-state index contributed by atoms with van der Waals surface area (Å²) in [5.74, 6) is 0.128. The maximum absolute atomic E-state index is 11.9. The van der Waals surface area contributed by atoms with Gasteiger partial charge in [0.1, 0.15) is 6.54 Å². The highest BCUT2D eigenvalue weighted by Crippen LogP contribution is 2.17. The van der Waals surface area contributed by atoms with E-state index in [1.807, 2.05) is 17.0 Å². The monoisotopic (exact) mass is 277 g/mol. The topological polar surface area (TPSA) is 46.1 Å². The summed E-state index contributed by atoms with van der Waals surface area (Å²) in [6, 6.07) is 2.47. The van der Waals surface area contributed by atoms with E-state index < -0.39 is 0 Å². The molecule has 0 unspecified atom stereocenters. The van der Waals surface area contributed by atoms with Gasteiger partial charge in [0.25, 0.3) is 0 Å². The first-order chi connectivity index (χ1) is 9.42. The summed E-state index contributed by atoms with van der Waals surface area (Å²) in [6.45, 7) is 7.71. The number of rotatable bonds is 5. The fourth-order valence-corrected chi connectivity index (χ4v) is 2.57. The number of nitrogens with zero attached hydrogens (tertiary/aromatic N) is 1. The highest BCUT2D eigenvalue weighted by molar-refractivity contribution is 5.76. The molecule has 1 amide bonds. The van der Waals surface area contributed by atoms with Gasteiger partial charge in [-0.1, -0.05) is 12.8 Å². The summed E-state index contributed by atoms with van der Waals surface area (Å²) in [5, 5.41) is 6.57. The van der Waals surface area contributed by atoms with Gasteiger partial charge in [0.05, 0.1) is 0 Å². The van der Waals surface area contributed by atoms with E-state index in [-0.39, 0.29) is 11.4 Å². The third kappa shape index (κ3) is 5.00. The van der Waals surface area contributed by atoms with Crippen LogP contribution in [0.4, 0.5) is 0 Å². The molecular weight excluding hydrogens is 250 g/mol. The first-order valence-electron chi connectivity index (χ1n) is 7.61. The Morgan fingerprint density at radius 2 is 2.05 bits per heavy atom. The highest BCUT2D eigenvalue weighted by atomic mass is 16.2. The van der Waals surface area contributed by atoms with Crippen molar-refractivity contribution >= 4 is 5.91 Å². The molecule has 0 radical (unpaired) electrons. The zero-order chi connectivity index (χ0) is 14.6. The minimum Gasteiger partial charge on any atom is -0.352 e. The van der Waals surface area contributed by atoms with Crippen LogP contribution in [0.25, 0.3) is 0 Å². The van der Waals surface area contributed by atoms with Gasteiger partial charge in [0.15, 0.2) is 0 Å². The molecule has 2 N–H and O–H groups in total. The Balaban J connectivity index is 1.78. The molecule has 1 fully saturated rings. The number of aromatic nitrogens is 1. The van der Waals surface area contributed by atoms with Crippen molar-refractivity contribution in [3.63, 3.8) is 0 Å². The van der Waals surface area contributed by atoms with Crippen LogP contribution in [-0.4, -0.2) is 22.1 Å². The average molecular weight is 277 g/mol.